The smallest absolute Gasteiger partial charge is 0.408 e. The average Bonchev–Trinajstić information content (AvgIpc) is 2.86. The summed E-state index contributed by atoms with van der Waals surface area (Å²) in [6.07, 6.45) is -0.616. The Morgan fingerprint density at radius 2 is 1.41 bits per heavy atom. The van der Waals surface area contributed by atoms with Crippen molar-refractivity contribution in [1.29, 1.82) is 0 Å². The maximum Gasteiger partial charge on any atom is 0.408 e. The molecule has 34 heavy (non-hydrogen) atoms. The van der Waals surface area contributed by atoms with Gasteiger partial charge in [0.1, 0.15) is 12.6 Å². The number of carbonyl (C=O) groups excluding carboxylic acids is 3. The molecule has 0 bridgehead atoms. The van der Waals surface area contributed by atoms with E-state index in [4.69, 9.17) is 4.74 Å². The minimum atomic E-state index is -0.689. The Balaban J connectivity index is 1.54. The van der Waals surface area contributed by atoms with Crippen molar-refractivity contribution >= 4 is 17.9 Å². The number of nitrogens with zero attached hydrogens (tertiary/aromatic N) is 2. The lowest BCUT2D eigenvalue weighted by Crippen LogP contribution is -2.58. The van der Waals surface area contributed by atoms with Gasteiger partial charge in [-0.25, -0.2) is 4.79 Å². The molecule has 1 aliphatic heterocycles. The molecule has 2 aromatic carbocycles. The molecule has 3 amide bonds. The van der Waals surface area contributed by atoms with Gasteiger partial charge in [0, 0.05) is 26.2 Å². The van der Waals surface area contributed by atoms with Crippen LogP contribution in [0.2, 0.25) is 0 Å². The molecule has 1 aliphatic rings. The standard InChI is InChI=1S/C27H35N3O4/c1-20(2)23(28-26(33)34-19-21-11-7-5-8-12-21)24(31)29-15-17-30(18-16-29)25(32)27(3,4)22-13-9-6-10-14-22/h5-14,20,23H,15-19H2,1-4H3,(H,28,33)/t23-/m0/s1. The van der Waals surface area contributed by atoms with Crippen LogP contribution < -0.4 is 5.32 Å². The highest BCUT2D eigenvalue weighted by molar-refractivity contribution is 5.88. The number of ether oxygens (including phenoxy) is 1. The van der Waals surface area contributed by atoms with Crippen molar-refractivity contribution in [2.24, 2.45) is 5.92 Å². The van der Waals surface area contributed by atoms with E-state index in [0.717, 1.165) is 11.1 Å². The molecule has 1 atom stereocenters. The van der Waals surface area contributed by atoms with E-state index >= 15 is 0 Å². The van der Waals surface area contributed by atoms with E-state index < -0.39 is 17.6 Å². The van der Waals surface area contributed by atoms with Crippen molar-refractivity contribution in [2.45, 2.75) is 45.8 Å². The maximum absolute atomic E-state index is 13.2. The molecule has 0 aromatic heterocycles. The summed E-state index contributed by atoms with van der Waals surface area (Å²) in [5.41, 5.74) is 1.21. The van der Waals surface area contributed by atoms with E-state index in [1.807, 2.05) is 93.3 Å². The summed E-state index contributed by atoms with van der Waals surface area (Å²) in [6, 6.07) is 18.4. The summed E-state index contributed by atoms with van der Waals surface area (Å²) in [4.78, 5) is 42.3. The van der Waals surface area contributed by atoms with Gasteiger partial charge in [0.05, 0.1) is 5.41 Å². The lowest BCUT2D eigenvalue weighted by atomic mass is 9.83. The van der Waals surface area contributed by atoms with E-state index in [-0.39, 0.29) is 24.3 Å². The first-order valence-corrected chi connectivity index (χ1v) is 11.8. The molecule has 3 rings (SSSR count). The molecule has 182 valence electrons. The molecule has 7 nitrogen and oxygen atoms in total. The quantitative estimate of drug-likeness (QED) is 0.678. The Morgan fingerprint density at radius 1 is 0.882 bits per heavy atom. The SMILES string of the molecule is CC(C)[C@H](NC(=O)OCc1ccccc1)C(=O)N1CCN(C(=O)C(C)(C)c2ccccc2)CC1. The number of nitrogens with one attached hydrogen (secondary N) is 1. The van der Waals surface area contributed by atoms with Crippen LogP contribution in [0.1, 0.15) is 38.8 Å². The number of amides is 3. The van der Waals surface area contributed by atoms with Crippen molar-refractivity contribution in [3.8, 4) is 0 Å². The number of benzene rings is 2. The highest BCUT2D eigenvalue weighted by Crippen LogP contribution is 2.26. The number of hydrogen-bond donors (Lipinski definition) is 1. The Hall–Kier alpha value is -3.35. The fraction of sp³-hybridized carbons (Fsp3) is 0.444. The van der Waals surface area contributed by atoms with Crippen molar-refractivity contribution < 1.29 is 19.1 Å². The summed E-state index contributed by atoms with van der Waals surface area (Å²) < 4.78 is 5.30. The van der Waals surface area contributed by atoms with Crippen LogP contribution in [0.15, 0.2) is 60.7 Å². The number of carbonyl (C=O) groups is 3. The van der Waals surface area contributed by atoms with Gasteiger partial charge in [-0.2, -0.15) is 0 Å². The zero-order valence-corrected chi connectivity index (χ0v) is 20.5. The third-order valence-electron chi connectivity index (χ3n) is 6.33. The first kappa shape index (κ1) is 25.3. The number of hydrogen-bond acceptors (Lipinski definition) is 4. The molecule has 1 saturated heterocycles. The molecular weight excluding hydrogens is 430 g/mol. The Morgan fingerprint density at radius 3 is 1.97 bits per heavy atom. The summed E-state index contributed by atoms with van der Waals surface area (Å²) in [5.74, 6) is -0.205. The second-order valence-corrected chi connectivity index (χ2v) is 9.54. The van der Waals surface area contributed by atoms with Crippen molar-refractivity contribution in [3.63, 3.8) is 0 Å². The maximum atomic E-state index is 13.2. The molecule has 2 aromatic rings. The molecular formula is C27H35N3O4. The summed E-state index contributed by atoms with van der Waals surface area (Å²) in [5, 5.41) is 2.73. The van der Waals surface area contributed by atoms with Gasteiger partial charge < -0.3 is 19.9 Å². The summed E-state index contributed by atoms with van der Waals surface area (Å²) in [7, 11) is 0. The Bertz CT molecular complexity index is 968. The third-order valence-corrected chi connectivity index (χ3v) is 6.33. The highest BCUT2D eigenvalue weighted by Gasteiger charge is 2.37. The van der Waals surface area contributed by atoms with Crippen LogP contribution >= 0.6 is 0 Å². The molecule has 7 heteroatoms. The third kappa shape index (κ3) is 6.16. The minimum Gasteiger partial charge on any atom is -0.445 e. The molecule has 1 N–H and O–H groups in total. The zero-order valence-electron chi connectivity index (χ0n) is 20.5. The molecule has 0 unspecified atom stereocenters. The summed E-state index contributed by atoms with van der Waals surface area (Å²) in [6.45, 7) is 9.57. The normalized spacial score (nSPS) is 15.1. The molecule has 0 spiro atoms. The highest BCUT2D eigenvalue weighted by atomic mass is 16.5. The van der Waals surface area contributed by atoms with Gasteiger partial charge in [-0.3, -0.25) is 9.59 Å². The van der Waals surface area contributed by atoms with Gasteiger partial charge in [-0.05, 0) is 30.9 Å². The molecule has 0 radical (unpaired) electrons. The largest absolute Gasteiger partial charge is 0.445 e. The van der Waals surface area contributed by atoms with Crippen molar-refractivity contribution in [2.75, 3.05) is 26.2 Å². The van der Waals surface area contributed by atoms with E-state index in [9.17, 15) is 14.4 Å². The topological polar surface area (TPSA) is 79.0 Å². The second-order valence-electron chi connectivity index (χ2n) is 9.54. The average molecular weight is 466 g/mol. The minimum absolute atomic E-state index is 0.0498. The van der Waals surface area contributed by atoms with E-state index in [2.05, 4.69) is 5.32 Å². The number of rotatable bonds is 7. The predicted molar refractivity (Wildman–Crippen MR) is 131 cm³/mol. The fourth-order valence-electron chi connectivity index (χ4n) is 4.11. The fourth-order valence-corrected chi connectivity index (χ4v) is 4.11. The molecule has 0 saturated carbocycles. The van der Waals surface area contributed by atoms with E-state index in [1.54, 1.807) is 4.90 Å². The van der Waals surface area contributed by atoms with E-state index in [1.165, 1.54) is 0 Å². The van der Waals surface area contributed by atoms with Crippen LogP contribution in [-0.2, 0) is 26.3 Å². The molecule has 1 heterocycles. The van der Waals surface area contributed by atoms with Crippen LogP contribution in [0.3, 0.4) is 0 Å². The first-order valence-electron chi connectivity index (χ1n) is 11.8. The lowest BCUT2D eigenvalue weighted by molar-refractivity contribution is -0.144. The van der Waals surface area contributed by atoms with Crippen molar-refractivity contribution in [1.82, 2.24) is 15.1 Å². The predicted octanol–water partition coefficient (Wildman–Crippen LogP) is 3.59. The Kier molecular flexibility index (Phi) is 8.31. The van der Waals surface area contributed by atoms with Gasteiger partial charge in [0.25, 0.3) is 0 Å². The lowest BCUT2D eigenvalue weighted by Gasteiger charge is -2.40. The second kappa shape index (κ2) is 11.2. The Labute approximate surface area is 202 Å². The van der Waals surface area contributed by atoms with Crippen LogP contribution in [0, 0.1) is 5.92 Å². The zero-order chi connectivity index (χ0) is 24.7. The van der Waals surface area contributed by atoms with Crippen LogP contribution in [0.25, 0.3) is 0 Å². The number of alkyl carbamates (subject to hydrolysis) is 1. The van der Waals surface area contributed by atoms with E-state index in [0.29, 0.717) is 26.2 Å². The van der Waals surface area contributed by atoms with Gasteiger partial charge in [-0.15, -0.1) is 0 Å². The molecule has 0 aliphatic carbocycles. The monoisotopic (exact) mass is 465 g/mol. The van der Waals surface area contributed by atoms with Gasteiger partial charge in [0.15, 0.2) is 0 Å². The van der Waals surface area contributed by atoms with Crippen LogP contribution in [0.5, 0.6) is 0 Å². The van der Waals surface area contributed by atoms with Crippen molar-refractivity contribution in [3.05, 3.63) is 71.8 Å². The van der Waals surface area contributed by atoms with Gasteiger partial charge in [0.2, 0.25) is 11.8 Å². The van der Waals surface area contributed by atoms with Gasteiger partial charge >= 0.3 is 6.09 Å². The van der Waals surface area contributed by atoms with Crippen LogP contribution in [-0.4, -0.2) is 59.9 Å². The number of piperazine rings is 1. The van der Waals surface area contributed by atoms with Gasteiger partial charge in [-0.1, -0.05) is 74.5 Å². The first-order chi connectivity index (χ1) is 16.2. The molecule has 1 fully saturated rings. The summed E-state index contributed by atoms with van der Waals surface area (Å²) >= 11 is 0. The van der Waals surface area contributed by atoms with Crippen LogP contribution in [0.4, 0.5) is 4.79 Å².